The number of carboxylic acid groups (broad SMARTS) is 1. The van der Waals surface area contributed by atoms with Crippen molar-refractivity contribution in [2.75, 3.05) is 0 Å². The Morgan fingerprint density at radius 3 is 2.48 bits per heavy atom. The summed E-state index contributed by atoms with van der Waals surface area (Å²) in [7, 11) is 0. The number of carboxylic acids is 1. The molecule has 5 nitrogen and oxygen atoms in total. The summed E-state index contributed by atoms with van der Waals surface area (Å²) in [4.78, 5) is 32.1. The summed E-state index contributed by atoms with van der Waals surface area (Å²) in [6.07, 6.45) is 5.33. The van der Waals surface area contributed by atoms with E-state index in [0.717, 1.165) is 41.3 Å². The summed E-state index contributed by atoms with van der Waals surface area (Å²) in [5.74, 6) is -1.00. The van der Waals surface area contributed by atoms with Crippen LogP contribution in [0.2, 0.25) is 0 Å². The predicted octanol–water partition coefficient (Wildman–Crippen LogP) is 6.47. The molecule has 0 spiro atoms. The lowest BCUT2D eigenvalue weighted by molar-refractivity contribution is -0.124. The van der Waals surface area contributed by atoms with E-state index in [1.807, 2.05) is 36.1 Å². The average Bonchev–Trinajstić information content (AvgIpc) is 3.10. The first-order chi connectivity index (χ1) is 14.9. The Morgan fingerprint density at radius 1 is 1.10 bits per heavy atom. The zero-order chi connectivity index (χ0) is 22.0. The molecule has 1 saturated heterocycles. The smallest absolute Gasteiger partial charge is 0.335 e. The van der Waals surface area contributed by atoms with Gasteiger partial charge in [-0.05, 0) is 73.0 Å². The molecule has 160 valence electrons. The van der Waals surface area contributed by atoms with Crippen molar-refractivity contribution in [2.24, 2.45) is 4.99 Å². The van der Waals surface area contributed by atoms with Crippen molar-refractivity contribution >= 4 is 56.0 Å². The first kappa shape index (κ1) is 21.8. The third kappa shape index (κ3) is 4.77. The molecule has 1 aliphatic heterocycles. The van der Waals surface area contributed by atoms with E-state index in [4.69, 9.17) is 4.99 Å². The van der Waals surface area contributed by atoms with E-state index in [9.17, 15) is 14.7 Å². The van der Waals surface area contributed by atoms with Gasteiger partial charge in [0.25, 0.3) is 5.91 Å². The van der Waals surface area contributed by atoms with Crippen molar-refractivity contribution in [1.29, 1.82) is 0 Å². The van der Waals surface area contributed by atoms with E-state index in [0.29, 0.717) is 15.8 Å². The molecule has 1 amide bonds. The summed E-state index contributed by atoms with van der Waals surface area (Å²) in [6.45, 7) is 1.97. The first-order valence-electron chi connectivity index (χ1n) is 10.3. The number of thioether (sulfide) groups is 1. The summed E-state index contributed by atoms with van der Waals surface area (Å²) in [6, 6.07) is 14.6. The number of rotatable bonds is 4. The quantitative estimate of drug-likeness (QED) is 0.490. The lowest BCUT2D eigenvalue weighted by Crippen LogP contribution is -2.40. The summed E-state index contributed by atoms with van der Waals surface area (Å²) >= 11 is 4.84. The van der Waals surface area contributed by atoms with Crippen molar-refractivity contribution in [2.45, 2.75) is 45.1 Å². The second kappa shape index (κ2) is 9.40. The fraction of sp³-hybridized carbons (Fsp3) is 0.292. The largest absolute Gasteiger partial charge is 0.478 e. The molecular weight excluding hydrogens is 476 g/mol. The van der Waals surface area contributed by atoms with E-state index in [-0.39, 0.29) is 17.5 Å². The maximum atomic E-state index is 13.5. The third-order valence-corrected chi connectivity index (χ3v) is 7.37. The molecule has 4 rings (SSSR count). The molecule has 0 bridgehead atoms. The molecule has 1 heterocycles. The van der Waals surface area contributed by atoms with Crippen LogP contribution in [0.3, 0.4) is 0 Å². The molecule has 31 heavy (non-hydrogen) atoms. The average molecular weight is 499 g/mol. The van der Waals surface area contributed by atoms with Gasteiger partial charge in [-0.1, -0.05) is 53.4 Å². The topological polar surface area (TPSA) is 70.0 Å². The number of benzene rings is 2. The zero-order valence-corrected chi connectivity index (χ0v) is 19.6. The molecule has 1 N–H and O–H groups in total. The van der Waals surface area contributed by atoms with Crippen molar-refractivity contribution in [3.8, 4) is 0 Å². The Hall–Kier alpha value is -2.38. The molecular formula is C24H23BrN2O3S. The number of aromatic carboxylic acids is 1. The Labute approximate surface area is 194 Å². The third-order valence-electron chi connectivity index (χ3n) is 5.69. The highest BCUT2D eigenvalue weighted by molar-refractivity contribution is 9.10. The number of allylic oxidation sites excluding steroid dienone is 1. The van der Waals surface area contributed by atoms with Gasteiger partial charge in [0, 0.05) is 10.5 Å². The number of nitrogens with zero attached hydrogens (tertiary/aromatic N) is 2. The molecule has 1 aliphatic carbocycles. The number of amides is 1. The lowest BCUT2D eigenvalue weighted by Gasteiger charge is -2.30. The second-order valence-electron chi connectivity index (χ2n) is 7.78. The van der Waals surface area contributed by atoms with Crippen LogP contribution in [-0.2, 0) is 4.79 Å². The van der Waals surface area contributed by atoms with E-state index in [1.54, 1.807) is 24.3 Å². The van der Waals surface area contributed by atoms with E-state index in [1.165, 1.54) is 18.2 Å². The molecule has 2 aromatic rings. The molecule has 0 atom stereocenters. The minimum atomic E-state index is -0.993. The van der Waals surface area contributed by atoms with Crippen LogP contribution in [-0.4, -0.2) is 33.1 Å². The van der Waals surface area contributed by atoms with Crippen molar-refractivity contribution < 1.29 is 14.7 Å². The van der Waals surface area contributed by atoms with Gasteiger partial charge in [0.15, 0.2) is 5.17 Å². The van der Waals surface area contributed by atoms with Gasteiger partial charge in [0.1, 0.15) is 0 Å². The monoisotopic (exact) mass is 498 g/mol. The van der Waals surface area contributed by atoms with Gasteiger partial charge in [-0.3, -0.25) is 9.69 Å². The molecule has 0 unspecified atom stereocenters. The van der Waals surface area contributed by atoms with Crippen LogP contribution in [0.1, 0.15) is 54.9 Å². The maximum Gasteiger partial charge on any atom is 0.335 e. The highest BCUT2D eigenvalue weighted by Crippen LogP contribution is 2.41. The second-order valence-corrected chi connectivity index (χ2v) is 9.67. The normalized spacial score (nSPS) is 20.4. The minimum Gasteiger partial charge on any atom is -0.478 e. The number of amidine groups is 1. The van der Waals surface area contributed by atoms with Crippen molar-refractivity contribution in [3.63, 3.8) is 0 Å². The van der Waals surface area contributed by atoms with E-state index >= 15 is 0 Å². The zero-order valence-electron chi connectivity index (χ0n) is 17.2. The standard InChI is InChI=1S/C24H23BrN2O3S/c1-15(16-10-12-18(25)13-11-16)21-22(28)27(20-8-3-2-4-9-20)24(31-21)26-19-7-5-6-17(14-19)23(29)30/h5-7,10-14,20H,2-4,8-9H2,1H3,(H,29,30)/b21-15-,26-24?. The van der Waals surface area contributed by atoms with Gasteiger partial charge in [-0.15, -0.1) is 0 Å². The Bertz CT molecular complexity index is 1070. The number of aliphatic imine (C=N–C) groups is 1. The van der Waals surface area contributed by atoms with Crippen LogP contribution >= 0.6 is 27.7 Å². The van der Waals surface area contributed by atoms with Gasteiger partial charge < -0.3 is 5.11 Å². The van der Waals surface area contributed by atoms with Crippen LogP contribution in [0.4, 0.5) is 5.69 Å². The van der Waals surface area contributed by atoms with Crippen molar-refractivity contribution in [1.82, 2.24) is 4.90 Å². The van der Waals surface area contributed by atoms with Gasteiger partial charge in [0.2, 0.25) is 0 Å². The fourth-order valence-corrected chi connectivity index (χ4v) is 5.39. The molecule has 2 fully saturated rings. The summed E-state index contributed by atoms with van der Waals surface area (Å²) in [5, 5.41) is 9.93. The predicted molar refractivity (Wildman–Crippen MR) is 129 cm³/mol. The number of halogens is 1. The molecule has 1 saturated carbocycles. The van der Waals surface area contributed by atoms with Crippen LogP contribution in [0, 0.1) is 0 Å². The summed E-state index contributed by atoms with van der Waals surface area (Å²) < 4.78 is 0.990. The van der Waals surface area contributed by atoms with E-state index in [2.05, 4.69) is 15.9 Å². The number of carbonyl (C=O) groups is 2. The van der Waals surface area contributed by atoms with Crippen LogP contribution < -0.4 is 0 Å². The summed E-state index contributed by atoms with van der Waals surface area (Å²) in [5.41, 5.74) is 2.64. The number of hydrogen-bond acceptors (Lipinski definition) is 4. The molecule has 7 heteroatoms. The van der Waals surface area contributed by atoms with Gasteiger partial charge in [-0.2, -0.15) is 0 Å². The molecule has 0 radical (unpaired) electrons. The van der Waals surface area contributed by atoms with Crippen molar-refractivity contribution in [3.05, 3.63) is 69.0 Å². The Balaban J connectivity index is 1.75. The molecule has 0 aromatic heterocycles. The fourth-order valence-electron chi connectivity index (χ4n) is 4.01. The van der Waals surface area contributed by atoms with Gasteiger partial charge in [-0.25, -0.2) is 9.79 Å². The number of hydrogen-bond donors (Lipinski definition) is 1. The highest BCUT2D eigenvalue weighted by atomic mass is 79.9. The van der Waals surface area contributed by atoms with Gasteiger partial charge >= 0.3 is 5.97 Å². The lowest BCUT2D eigenvalue weighted by atomic mass is 9.94. The Morgan fingerprint density at radius 2 is 1.81 bits per heavy atom. The number of carbonyl (C=O) groups excluding carboxylic acids is 1. The van der Waals surface area contributed by atoms with Crippen LogP contribution in [0.15, 0.2) is 62.9 Å². The molecule has 2 aliphatic rings. The van der Waals surface area contributed by atoms with Gasteiger partial charge in [0.05, 0.1) is 16.2 Å². The van der Waals surface area contributed by atoms with Crippen LogP contribution in [0.5, 0.6) is 0 Å². The SMILES string of the molecule is C/C(=C1/SC(=Nc2cccc(C(=O)O)c2)N(C2CCCCC2)C1=O)c1ccc(Br)cc1. The molecule has 2 aromatic carbocycles. The first-order valence-corrected chi connectivity index (χ1v) is 12.0. The van der Waals surface area contributed by atoms with E-state index < -0.39 is 5.97 Å². The highest BCUT2D eigenvalue weighted by Gasteiger charge is 2.39. The maximum absolute atomic E-state index is 13.5. The Kier molecular flexibility index (Phi) is 6.62. The minimum absolute atomic E-state index is 0.00884. The van der Waals surface area contributed by atoms with Crippen LogP contribution in [0.25, 0.3) is 5.57 Å².